The third-order valence-corrected chi connectivity index (χ3v) is 7.06. The molecule has 2 atom stereocenters. The van der Waals surface area contributed by atoms with Gasteiger partial charge in [-0.3, -0.25) is 4.79 Å². The standard InChI is InChI=1S/C11H16F3NO3S2/c12-11(13,14)10-7-15(9(16)3-4-19)6-8(10)2-1-5-20(10,17)18/h8,19H,1-7H2. The predicted molar refractivity (Wildman–Crippen MR) is 70.3 cm³/mol. The van der Waals surface area contributed by atoms with E-state index < -0.39 is 44.9 Å². The zero-order valence-corrected chi connectivity index (χ0v) is 12.4. The third-order valence-electron chi connectivity index (χ3n) is 4.20. The van der Waals surface area contributed by atoms with Crippen molar-refractivity contribution in [3.8, 4) is 0 Å². The van der Waals surface area contributed by atoms with Crippen LogP contribution >= 0.6 is 12.6 Å². The number of hydrogen-bond donors (Lipinski definition) is 1. The average Bonchev–Trinajstić information content (AvgIpc) is 2.70. The van der Waals surface area contributed by atoms with Crippen LogP contribution in [0.1, 0.15) is 19.3 Å². The molecule has 116 valence electrons. The van der Waals surface area contributed by atoms with Crippen molar-refractivity contribution in [1.29, 1.82) is 0 Å². The summed E-state index contributed by atoms with van der Waals surface area (Å²) in [7, 11) is -4.30. The molecular weight excluding hydrogens is 315 g/mol. The monoisotopic (exact) mass is 331 g/mol. The lowest BCUT2D eigenvalue weighted by molar-refractivity contribution is -0.169. The molecule has 1 amide bonds. The summed E-state index contributed by atoms with van der Waals surface area (Å²) in [5, 5.41) is 0. The van der Waals surface area contributed by atoms with Crippen molar-refractivity contribution < 1.29 is 26.4 Å². The topological polar surface area (TPSA) is 54.5 Å². The first-order chi connectivity index (χ1) is 9.15. The molecule has 0 aromatic heterocycles. The number of likely N-dealkylation sites (tertiary alicyclic amines) is 1. The fourth-order valence-electron chi connectivity index (χ4n) is 3.21. The minimum absolute atomic E-state index is 0.0177. The average molecular weight is 331 g/mol. The maximum absolute atomic E-state index is 13.5. The van der Waals surface area contributed by atoms with Crippen molar-refractivity contribution in [2.45, 2.75) is 30.2 Å². The van der Waals surface area contributed by atoms with Crippen molar-refractivity contribution in [2.24, 2.45) is 5.92 Å². The van der Waals surface area contributed by atoms with E-state index in [9.17, 15) is 26.4 Å². The number of sulfone groups is 1. The lowest BCUT2D eigenvalue weighted by atomic mass is 9.90. The zero-order valence-electron chi connectivity index (χ0n) is 10.7. The van der Waals surface area contributed by atoms with Crippen LogP contribution in [0.15, 0.2) is 0 Å². The fourth-order valence-corrected chi connectivity index (χ4v) is 5.72. The van der Waals surface area contributed by atoms with E-state index in [0.29, 0.717) is 0 Å². The fraction of sp³-hybridized carbons (Fsp3) is 0.909. The van der Waals surface area contributed by atoms with Gasteiger partial charge in [0.15, 0.2) is 14.6 Å². The largest absolute Gasteiger partial charge is 0.410 e. The molecule has 2 saturated heterocycles. The Hall–Kier alpha value is -0.440. The van der Waals surface area contributed by atoms with Crippen LogP contribution in [0.25, 0.3) is 0 Å². The normalized spacial score (nSPS) is 33.0. The van der Waals surface area contributed by atoms with Crippen molar-refractivity contribution in [3.63, 3.8) is 0 Å². The molecular formula is C11H16F3NO3S2. The number of carbonyl (C=O) groups excluding carboxylic acids is 1. The van der Waals surface area contributed by atoms with Gasteiger partial charge in [0.25, 0.3) is 0 Å². The van der Waals surface area contributed by atoms with Gasteiger partial charge in [0.1, 0.15) is 0 Å². The summed E-state index contributed by atoms with van der Waals surface area (Å²) in [6.07, 6.45) is -4.43. The lowest BCUT2D eigenvalue weighted by Crippen LogP contribution is -2.60. The number of halogens is 3. The molecule has 0 spiro atoms. The Balaban J connectivity index is 2.41. The van der Waals surface area contributed by atoms with E-state index in [2.05, 4.69) is 12.6 Å². The number of carbonyl (C=O) groups is 1. The second kappa shape index (κ2) is 5.08. The lowest BCUT2D eigenvalue weighted by Gasteiger charge is -2.38. The van der Waals surface area contributed by atoms with E-state index >= 15 is 0 Å². The molecule has 9 heteroatoms. The SMILES string of the molecule is O=C(CCS)N1CC2CCCS(=O)(=O)C2(C(F)(F)F)C1. The van der Waals surface area contributed by atoms with Gasteiger partial charge >= 0.3 is 6.18 Å². The third kappa shape index (κ3) is 2.22. The van der Waals surface area contributed by atoms with Crippen LogP contribution < -0.4 is 0 Å². The molecule has 0 aliphatic carbocycles. The van der Waals surface area contributed by atoms with Crippen LogP contribution in [0.2, 0.25) is 0 Å². The van der Waals surface area contributed by atoms with Crippen LogP contribution in [0, 0.1) is 5.92 Å². The number of rotatable bonds is 2. The Kier molecular flexibility index (Phi) is 4.05. The minimum Gasteiger partial charge on any atom is -0.340 e. The van der Waals surface area contributed by atoms with E-state index in [-0.39, 0.29) is 31.6 Å². The van der Waals surface area contributed by atoms with Crippen LogP contribution in [-0.4, -0.2) is 54.7 Å². The molecule has 0 radical (unpaired) electrons. The summed E-state index contributed by atoms with van der Waals surface area (Å²) in [5.74, 6) is -1.75. The number of fused-ring (bicyclic) bond motifs is 1. The summed E-state index contributed by atoms with van der Waals surface area (Å²) in [4.78, 5) is 12.8. The number of nitrogens with zero attached hydrogens (tertiary/aromatic N) is 1. The Morgan fingerprint density at radius 1 is 1.40 bits per heavy atom. The summed E-state index contributed by atoms with van der Waals surface area (Å²) >= 11 is 3.88. The highest BCUT2D eigenvalue weighted by Crippen LogP contribution is 2.51. The Bertz CT molecular complexity index is 506. The highest BCUT2D eigenvalue weighted by molar-refractivity contribution is 7.93. The molecule has 2 aliphatic rings. The summed E-state index contributed by atoms with van der Waals surface area (Å²) in [6.45, 7) is -0.901. The van der Waals surface area contributed by atoms with Gasteiger partial charge in [0, 0.05) is 25.4 Å². The molecule has 0 N–H and O–H groups in total. The van der Waals surface area contributed by atoms with Crippen LogP contribution in [0.3, 0.4) is 0 Å². The molecule has 4 nitrogen and oxygen atoms in total. The van der Waals surface area contributed by atoms with Gasteiger partial charge in [-0.15, -0.1) is 0 Å². The van der Waals surface area contributed by atoms with Crippen LogP contribution in [-0.2, 0) is 14.6 Å². The smallest absolute Gasteiger partial charge is 0.340 e. The Morgan fingerprint density at radius 3 is 2.55 bits per heavy atom. The Labute approximate surface area is 121 Å². The van der Waals surface area contributed by atoms with E-state index in [4.69, 9.17) is 0 Å². The maximum atomic E-state index is 13.5. The molecule has 2 unspecified atom stereocenters. The van der Waals surface area contributed by atoms with Gasteiger partial charge in [0.2, 0.25) is 5.91 Å². The molecule has 0 aromatic carbocycles. The second-order valence-electron chi connectivity index (χ2n) is 5.29. The second-order valence-corrected chi connectivity index (χ2v) is 8.11. The quantitative estimate of drug-likeness (QED) is 0.776. The number of amides is 1. The molecule has 0 bridgehead atoms. The molecule has 2 rings (SSSR count). The molecule has 20 heavy (non-hydrogen) atoms. The highest BCUT2D eigenvalue weighted by Gasteiger charge is 2.71. The molecule has 2 heterocycles. The van der Waals surface area contributed by atoms with Crippen LogP contribution in [0.5, 0.6) is 0 Å². The first-order valence-corrected chi connectivity index (χ1v) is 8.62. The van der Waals surface area contributed by atoms with Gasteiger partial charge in [-0.1, -0.05) is 0 Å². The zero-order chi connectivity index (χ0) is 15.2. The van der Waals surface area contributed by atoms with E-state index in [1.807, 2.05) is 0 Å². The van der Waals surface area contributed by atoms with E-state index in [1.54, 1.807) is 0 Å². The van der Waals surface area contributed by atoms with Gasteiger partial charge in [-0.05, 0) is 18.6 Å². The highest BCUT2D eigenvalue weighted by atomic mass is 32.2. The summed E-state index contributed by atoms with van der Waals surface area (Å²) in [6, 6.07) is 0. The van der Waals surface area contributed by atoms with Crippen molar-refractivity contribution in [3.05, 3.63) is 0 Å². The first kappa shape index (κ1) is 15.9. The number of alkyl halides is 3. The molecule has 0 saturated carbocycles. The van der Waals surface area contributed by atoms with Gasteiger partial charge in [-0.25, -0.2) is 8.42 Å². The van der Waals surface area contributed by atoms with Crippen molar-refractivity contribution >= 4 is 28.4 Å². The molecule has 0 aromatic rings. The van der Waals surface area contributed by atoms with Gasteiger partial charge < -0.3 is 4.90 Å². The number of hydrogen-bond acceptors (Lipinski definition) is 4. The van der Waals surface area contributed by atoms with Crippen molar-refractivity contribution in [1.82, 2.24) is 4.90 Å². The van der Waals surface area contributed by atoms with Crippen molar-refractivity contribution in [2.75, 3.05) is 24.6 Å². The summed E-state index contributed by atoms with van der Waals surface area (Å²) in [5.41, 5.74) is 0. The van der Waals surface area contributed by atoms with Gasteiger partial charge in [0.05, 0.1) is 5.75 Å². The van der Waals surface area contributed by atoms with E-state index in [0.717, 1.165) is 4.90 Å². The van der Waals surface area contributed by atoms with Gasteiger partial charge in [-0.2, -0.15) is 25.8 Å². The van der Waals surface area contributed by atoms with Crippen LogP contribution in [0.4, 0.5) is 13.2 Å². The maximum Gasteiger partial charge on any atom is 0.410 e. The first-order valence-electron chi connectivity index (χ1n) is 6.33. The molecule has 2 aliphatic heterocycles. The van der Waals surface area contributed by atoms with E-state index in [1.165, 1.54) is 0 Å². The Morgan fingerprint density at radius 2 is 2.05 bits per heavy atom. The predicted octanol–water partition coefficient (Wildman–Crippen LogP) is 1.27. The minimum atomic E-state index is -4.85. The number of thiol groups is 1. The molecule has 2 fully saturated rings. The summed E-state index contributed by atoms with van der Waals surface area (Å²) < 4.78 is 61.8.